The van der Waals surface area contributed by atoms with Crippen LogP contribution in [0.3, 0.4) is 0 Å². The fraction of sp³-hybridized carbons (Fsp3) is 0.842. The van der Waals surface area contributed by atoms with E-state index in [1.807, 2.05) is 0 Å². The van der Waals surface area contributed by atoms with Crippen molar-refractivity contribution < 1.29 is 14.3 Å². The van der Waals surface area contributed by atoms with Gasteiger partial charge in [-0.3, -0.25) is 9.69 Å². The van der Waals surface area contributed by atoms with Gasteiger partial charge in [-0.25, -0.2) is 0 Å². The number of fused-ring (bicyclic) bond motifs is 2. The van der Waals surface area contributed by atoms with Crippen molar-refractivity contribution in [1.82, 2.24) is 4.90 Å². The molecule has 4 heteroatoms. The Morgan fingerprint density at radius 3 is 2.91 bits per heavy atom. The van der Waals surface area contributed by atoms with E-state index in [4.69, 9.17) is 9.47 Å². The van der Waals surface area contributed by atoms with Crippen molar-refractivity contribution >= 4 is 5.97 Å². The number of esters is 1. The molecule has 5 atom stereocenters. The Labute approximate surface area is 139 Å². The lowest BCUT2D eigenvalue weighted by Gasteiger charge is -2.50. The molecule has 0 spiro atoms. The smallest absolute Gasteiger partial charge is 0.310 e. The van der Waals surface area contributed by atoms with Crippen LogP contribution >= 0.6 is 0 Å². The molecule has 0 radical (unpaired) electrons. The van der Waals surface area contributed by atoms with Crippen LogP contribution in [0.4, 0.5) is 0 Å². The summed E-state index contributed by atoms with van der Waals surface area (Å²) in [5, 5.41) is 0. The van der Waals surface area contributed by atoms with Gasteiger partial charge in [-0.15, -0.1) is 0 Å². The Morgan fingerprint density at radius 2 is 2.13 bits per heavy atom. The molecule has 128 valence electrons. The molecule has 0 aromatic rings. The molecule has 4 aliphatic rings. The minimum atomic E-state index is 0.0411. The fourth-order valence-electron chi connectivity index (χ4n) is 5.53. The lowest BCUT2D eigenvalue weighted by Crippen LogP contribution is -2.46. The lowest BCUT2D eigenvalue weighted by molar-refractivity contribution is -0.146. The zero-order valence-corrected chi connectivity index (χ0v) is 14.3. The summed E-state index contributed by atoms with van der Waals surface area (Å²) in [6.07, 6.45) is 5.94. The highest BCUT2D eigenvalue weighted by Crippen LogP contribution is 2.56. The summed E-state index contributed by atoms with van der Waals surface area (Å²) in [6.45, 7) is 11.1. The molecule has 2 saturated heterocycles. The van der Waals surface area contributed by atoms with Gasteiger partial charge in [0.25, 0.3) is 0 Å². The molecule has 0 aromatic carbocycles. The van der Waals surface area contributed by atoms with E-state index in [1.165, 1.54) is 24.8 Å². The number of carbonyl (C=O) groups is 1. The van der Waals surface area contributed by atoms with Gasteiger partial charge in [-0.05, 0) is 43.4 Å². The third-order valence-corrected chi connectivity index (χ3v) is 6.88. The molecule has 4 nitrogen and oxygen atoms in total. The van der Waals surface area contributed by atoms with Crippen molar-refractivity contribution in [2.45, 2.75) is 45.1 Å². The van der Waals surface area contributed by atoms with E-state index >= 15 is 0 Å². The van der Waals surface area contributed by atoms with Crippen molar-refractivity contribution in [3.63, 3.8) is 0 Å². The van der Waals surface area contributed by atoms with Crippen LogP contribution in [0, 0.1) is 23.2 Å². The second-order valence-corrected chi connectivity index (χ2v) is 8.32. The first-order valence-electron chi connectivity index (χ1n) is 9.25. The van der Waals surface area contributed by atoms with Crippen LogP contribution in [0.2, 0.25) is 0 Å². The summed E-state index contributed by atoms with van der Waals surface area (Å²) < 4.78 is 11.3. The molecule has 2 aliphatic carbocycles. The molecule has 2 saturated carbocycles. The number of allylic oxidation sites excluding steroid dienone is 1. The van der Waals surface area contributed by atoms with Crippen LogP contribution in [0.1, 0.15) is 39.0 Å². The maximum absolute atomic E-state index is 12.5. The van der Waals surface area contributed by atoms with Gasteiger partial charge in [0.15, 0.2) is 0 Å². The van der Waals surface area contributed by atoms with Crippen molar-refractivity contribution in [2.75, 3.05) is 32.8 Å². The highest BCUT2D eigenvalue weighted by Gasteiger charge is 2.55. The quantitative estimate of drug-likeness (QED) is 0.579. The summed E-state index contributed by atoms with van der Waals surface area (Å²) in [5.74, 6) is 1.06. The van der Waals surface area contributed by atoms with Gasteiger partial charge in [0.05, 0.1) is 19.1 Å². The SMILES string of the molecule is C=C1CCC[C@]2(C)C[C@H]3OC(=O)[C@@H](CN4CCOCC4)C3C[C@@H]12. The van der Waals surface area contributed by atoms with Crippen LogP contribution < -0.4 is 0 Å². The zero-order chi connectivity index (χ0) is 16.0. The van der Waals surface area contributed by atoms with E-state index in [1.54, 1.807) is 0 Å². The highest BCUT2D eigenvalue weighted by atomic mass is 16.6. The number of carbonyl (C=O) groups excluding carboxylic acids is 1. The molecule has 0 N–H and O–H groups in total. The van der Waals surface area contributed by atoms with Crippen LogP contribution in [0.25, 0.3) is 0 Å². The Bertz CT molecular complexity index is 499. The van der Waals surface area contributed by atoms with Crippen LogP contribution in [-0.2, 0) is 14.3 Å². The fourth-order valence-corrected chi connectivity index (χ4v) is 5.53. The van der Waals surface area contributed by atoms with E-state index in [9.17, 15) is 4.79 Å². The van der Waals surface area contributed by atoms with Gasteiger partial charge in [0.2, 0.25) is 0 Å². The van der Waals surface area contributed by atoms with Gasteiger partial charge in [0, 0.05) is 25.6 Å². The van der Waals surface area contributed by atoms with E-state index in [-0.39, 0.29) is 18.0 Å². The maximum atomic E-state index is 12.5. The molecule has 0 aromatic heterocycles. The first kappa shape index (κ1) is 15.6. The average Bonchev–Trinajstić information content (AvgIpc) is 2.81. The Morgan fingerprint density at radius 1 is 1.35 bits per heavy atom. The van der Waals surface area contributed by atoms with E-state index in [2.05, 4.69) is 18.4 Å². The molecule has 2 aliphatic heterocycles. The second kappa shape index (κ2) is 5.89. The number of rotatable bonds is 2. The Hall–Kier alpha value is -0.870. The summed E-state index contributed by atoms with van der Waals surface area (Å²) in [6, 6.07) is 0. The molecule has 0 amide bonds. The van der Waals surface area contributed by atoms with Crippen molar-refractivity contribution in [3.05, 3.63) is 12.2 Å². The van der Waals surface area contributed by atoms with E-state index in [0.717, 1.165) is 45.7 Å². The number of morpholine rings is 1. The zero-order valence-electron chi connectivity index (χ0n) is 14.3. The highest BCUT2D eigenvalue weighted by molar-refractivity contribution is 5.75. The van der Waals surface area contributed by atoms with Crippen molar-refractivity contribution in [1.29, 1.82) is 0 Å². The monoisotopic (exact) mass is 319 g/mol. The second-order valence-electron chi connectivity index (χ2n) is 8.32. The van der Waals surface area contributed by atoms with E-state index in [0.29, 0.717) is 17.3 Å². The third-order valence-electron chi connectivity index (χ3n) is 6.88. The van der Waals surface area contributed by atoms with Crippen molar-refractivity contribution in [2.24, 2.45) is 23.2 Å². The predicted octanol–water partition coefficient (Wildman–Crippen LogP) is 2.63. The molecule has 0 bridgehead atoms. The van der Waals surface area contributed by atoms with Gasteiger partial charge in [-0.2, -0.15) is 0 Å². The molecule has 4 rings (SSSR count). The average molecular weight is 319 g/mol. The molecular formula is C19H29NO3. The summed E-state index contributed by atoms with van der Waals surface area (Å²) in [7, 11) is 0. The summed E-state index contributed by atoms with van der Waals surface area (Å²) in [4.78, 5) is 14.9. The number of ether oxygens (including phenoxy) is 2. The van der Waals surface area contributed by atoms with Crippen LogP contribution in [0.5, 0.6) is 0 Å². The largest absolute Gasteiger partial charge is 0.462 e. The maximum Gasteiger partial charge on any atom is 0.310 e. The van der Waals surface area contributed by atoms with Crippen LogP contribution in [0.15, 0.2) is 12.2 Å². The predicted molar refractivity (Wildman–Crippen MR) is 87.9 cm³/mol. The topological polar surface area (TPSA) is 38.8 Å². The van der Waals surface area contributed by atoms with Gasteiger partial charge >= 0.3 is 5.97 Å². The van der Waals surface area contributed by atoms with Gasteiger partial charge < -0.3 is 9.47 Å². The standard InChI is InChI=1S/C19H29NO3/c1-13-4-3-5-19(2)11-17-14(10-16(13)19)15(18(21)23-17)12-20-6-8-22-9-7-20/h14-17H,1,3-12H2,2H3/t14?,15-,16-,17+,19+/m0/s1. The number of hydrogen-bond acceptors (Lipinski definition) is 4. The molecule has 2 heterocycles. The third kappa shape index (κ3) is 2.74. The van der Waals surface area contributed by atoms with Crippen LogP contribution in [-0.4, -0.2) is 49.8 Å². The molecular weight excluding hydrogens is 290 g/mol. The first-order chi connectivity index (χ1) is 11.1. The van der Waals surface area contributed by atoms with Gasteiger partial charge in [0.1, 0.15) is 6.10 Å². The lowest BCUT2D eigenvalue weighted by atomic mass is 9.55. The molecule has 4 fully saturated rings. The van der Waals surface area contributed by atoms with E-state index < -0.39 is 0 Å². The van der Waals surface area contributed by atoms with Crippen molar-refractivity contribution in [3.8, 4) is 0 Å². The normalized spacial score (nSPS) is 44.6. The van der Waals surface area contributed by atoms with Gasteiger partial charge in [-0.1, -0.05) is 19.1 Å². The first-order valence-corrected chi connectivity index (χ1v) is 9.25. The minimum Gasteiger partial charge on any atom is -0.462 e. The molecule has 23 heavy (non-hydrogen) atoms. The molecule has 1 unspecified atom stereocenters. The number of nitrogens with zero attached hydrogens (tertiary/aromatic N) is 1. The Balaban J connectivity index is 1.50. The minimum absolute atomic E-state index is 0.0411. The summed E-state index contributed by atoms with van der Waals surface area (Å²) in [5.41, 5.74) is 1.71. The number of hydrogen-bond donors (Lipinski definition) is 0. The Kier molecular flexibility index (Phi) is 4.01. The summed E-state index contributed by atoms with van der Waals surface area (Å²) >= 11 is 0.